The van der Waals surface area contributed by atoms with E-state index in [1.54, 1.807) is 60.1 Å². The fraction of sp³-hybridized carbons (Fsp3) is 0.0500. The van der Waals surface area contributed by atoms with Crippen LogP contribution in [-0.2, 0) is 14.8 Å². The molecule has 1 heterocycles. The number of rotatable bonds is 6. The van der Waals surface area contributed by atoms with E-state index in [4.69, 9.17) is 5.21 Å². The van der Waals surface area contributed by atoms with Crippen LogP contribution in [0.4, 0.5) is 5.69 Å². The maximum Gasteiger partial charge on any atom is 0.261 e. The van der Waals surface area contributed by atoms with Gasteiger partial charge < -0.3 is 0 Å². The Labute approximate surface area is 176 Å². The van der Waals surface area contributed by atoms with Gasteiger partial charge in [0.1, 0.15) is 11.0 Å². The molecule has 0 spiro atoms. The van der Waals surface area contributed by atoms with Gasteiger partial charge in [0.2, 0.25) is 0 Å². The van der Waals surface area contributed by atoms with Crippen molar-refractivity contribution in [2.75, 3.05) is 4.72 Å². The van der Waals surface area contributed by atoms with Gasteiger partial charge in [-0.2, -0.15) is 8.75 Å². The average molecular weight is 441 g/mol. The minimum Gasteiger partial charge on any atom is -0.289 e. The minimum absolute atomic E-state index is 0.0774. The number of fused-ring (bicyclic) bond motifs is 1. The van der Waals surface area contributed by atoms with Gasteiger partial charge in [0.25, 0.3) is 15.9 Å². The molecule has 0 aliphatic rings. The lowest BCUT2D eigenvalue weighted by Crippen LogP contribution is -2.27. The topological polar surface area (TPSA) is 121 Å². The van der Waals surface area contributed by atoms with Crippen molar-refractivity contribution in [3.05, 3.63) is 83.9 Å². The van der Waals surface area contributed by atoms with Crippen molar-refractivity contribution in [2.24, 2.45) is 0 Å². The van der Waals surface area contributed by atoms with Crippen LogP contribution in [0.1, 0.15) is 17.0 Å². The Kier molecular flexibility index (Phi) is 5.44. The molecule has 1 aromatic heterocycles. The molecule has 4 aromatic rings. The van der Waals surface area contributed by atoms with E-state index in [0.717, 1.165) is 11.7 Å². The zero-order valence-electron chi connectivity index (χ0n) is 15.4. The van der Waals surface area contributed by atoms with Crippen molar-refractivity contribution < 1.29 is 18.4 Å². The van der Waals surface area contributed by atoms with Gasteiger partial charge in [0.15, 0.2) is 0 Å². The van der Waals surface area contributed by atoms with Crippen LogP contribution in [0.25, 0.3) is 11.0 Å². The predicted molar refractivity (Wildman–Crippen MR) is 113 cm³/mol. The summed E-state index contributed by atoms with van der Waals surface area (Å²) in [6.07, 6.45) is 0. The first-order valence-electron chi connectivity index (χ1n) is 8.82. The molecule has 0 saturated heterocycles. The van der Waals surface area contributed by atoms with Gasteiger partial charge in [-0.25, -0.2) is 13.9 Å². The summed E-state index contributed by atoms with van der Waals surface area (Å²) in [7, 11) is -3.82. The van der Waals surface area contributed by atoms with Gasteiger partial charge in [-0.05, 0) is 41.5 Å². The number of anilines is 1. The Morgan fingerprint density at radius 2 is 1.57 bits per heavy atom. The Hall–Kier alpha value is -3.34. The molecular formula is C20H16N4O4S2. The van der Waals surface area contributed by atoms with Crippen molar-refractivity contribution in [1.82, 2.24) is 14.2 Å². The highest BCUT2D eigenvalue weighted by Gasteiger charge is 2.23. The summed E-state index contributed by atoms with van der Waals surface area (Å²) in [5.74, 6) is -1.32. The van der Waals surface area contributed by atoms with Crippen LogP contribution in [0.2, 0.25) is 0 Å². The number of sulfonamides is 1. The second kappa shape index (κ2) is 8.19. The molecule has 1 amide bonds. The van der Waals surface area contributed by atoms with Crippen molar-refractivity contribution in [2.45, 2.75) is 10.8 Å². The summed E-state index contributed by atoms with van der Waals surface area (Å²) in [6, 6.07) is 19.9. The van der Waals surface area contributed by atoms with Gasteiger partial charge in [0.05, 0.1) is 22.5 Å². The second-order valence-electron chi connectivity index (χ2n) is 6.46. The van der Waals surface area contributed by atoms with Crippen molar-refractivity contribution in [3.63, 3.8) is 0 Å². The van der Waals surface area contributed by atoms with Gasteiger partial charge in [-0.1, -0.05) is 42.5 Å². The lowest BCUT2D eigenvalue weighted by atomic mass is 9.90. The van der Waals surface area contributed by atoms with Crippen LogP contribution >= 0.6 is 11.7 Å². The zero-order valence-corrected chi connectivity index (χ0v) is 17.0. The Balaban J connectivity index is 1.60. The summed E-state index contributed by atoms with van der Waals surface area (Å²) >= 11 is 1.02. The molecule has 8 nitrogen and oxygen atoms in total. The summed E-state index contributed by atoms with van der Waals surface area (Å²) in [6.45, 7) is 0. The minimum atomic E-state index is -3.82. The molecule has 0 fully saturated rings. The molecule has 152 valence electrons. The number of aromatic nitrogens is 2. The third-order valence-electron chi connectivity index (χ3n) is 4.54. The van der Waals surface area contributed by atoms with E-state index in [2.05, 4.69) is 13.5 Å². The molecule has 0 radical (unpaired) electrons. The summed E-state index contributed by atoms with van der Waals surface area (Å²) in [5, 5.41) is 9.12. The Morgan fingerprint density at radius 1 is 0.900 bits per heavy atom. The maximum absolute atomic E-state index is 12.7. The molecule has 3 N–H and O–H groups in total. The van der Waals surface area contributed by atoms with E-state index in [-0.39, 0.29) is 4.90 Å². The fourth-order valence-electron chi connectivity index (χ4n) is 3.09. The molecule has 1 unspecified atom stereocenters. The normalized spacial score (nSPS) is 12.4. The summed E-state index contributed by atoms with van der Waals surface area (Å²) in [4.78, 5) is 12.3. The highest BCUT2D eigenvalue weighted by molar-refractivity contribution is 7.92. The maximum atomic E-state index is 12.7. The largest absolute Gasteiger partial charge is 0.289 e. The van der Waals surface area contributed by atoms with E-state index >= 15 is 0 Å². The summed E-state index contributed by atoms with van der Waals surface area (Å²) < 4.78 is 36.1. The predicted octanol–water partition coefficient (Wildman–Crippen LogP) is 3.13. The number of amides is 1. The highest BCUT2D eigenvalue weighted by atomic mass is 32.2. The van der Waals surface area contributed by atoms with Crippen LogP contribution in [0.5, 0.6) is 0 Å². The van der Waals surface area contributed by atoms with Crippen molar-refractivity contribution >= 4 is 44.4 Å². The van der Waals surface area contributed by atoms with E-state index in [0.29, 0.717) is 27.8 Å². The number of nitrogens with zero attached hydrogens (tertiary/aromatic N) is 2. The summed E-state index contributed by atoms with van der Waals surface area (Å²) in [5.41, 5.74) is 4.48. The number of carbonyl (C=O) groups excluding carboxylic acids is 1. The molecule has 1 atom stereocenters. The fourth-order valence-corrected chi connectivity index (χ4v) is 4.69. The van der Waals surface area contributed by atoms with E-state index in [1.807, 2.05) is 6.07 Å². The van der Waals surface area contributed by atoms with Crippen molar-refractivity contribution in [3.8, 4) is 0 Å². The Morgan fingerprint density at radius 3 is 2.27 bits per heavy atom. The lowest BCUT2D eigenvalue weighted by molar-refractivity contribution is -0.129. The molecule has 0 saturated carbocycles. The van der Waals surface area contributed by atoms with Gasteiger partial charge in [0, 0.05) is 5.69 Å². The zero-order chi connectivity index (χ0) is 21.1. The number of hydrogen-bond acceptors (Lipinski definition) is 7. The smallest absolute Gasteiger partial charge is 0.261 e. The van der Waals surface area contributed by atoms with E-state index < -0.39 is 21.8 Å². The van der Waals surface area contributed by atoms with Crippen LogP contribution in [0, 0.1) is 0 Å². The van der Waals surface area contributed by atoms with Gasteiger partial charge >= 0.3 is 0 Å². The number of hydrogen-bond donors (Lipinski definition) is 3. The van der Waals surface area contributed by atoms with E-state index in [1.165, 1.54) is 12.1 Å². The monoisotopic (exact) mass is 440 g/mol. The first-order chi connectivity index (χ1) is 14.5. The standard InChI is InChI=1S/C20H16N4O4S2/c25-20(21-26)19(13-4-2-1-3-5-13)14-6-8-15(9-7-14)24-30(27,28)16-10-11-17-18(12-16)23-29-22-17/h1-12,19,24,26H,(H,21,25). The third-order valence-corrected chi connectivity index (χ3v) is 6.47. The molecule has 0 bridgehead atoms. The number of benzene rings is 3. The van der Waals surface area contributed by atoms with Gasteiger partial charge in [-0.15, -0.1) is 0 Å². The molecule has 10 heteroatoms. The molecular weight excluding hydrogens is 424 g/mol. The van der Waals surface area contributed by atoms with Crippen LogP contribution in [0.15, 0.2) is 77.7 Å². The third kappa shape index (κ3) is 4.01. The molecule has 0 aliphatic carbocycles. The number of nitrogens with one attached hydrogen (secondary N) is 2. The first kappa shape index (κ1) is 20.0. The lowest BCUT2D eigenvalue weighted by Gasteiger charge is -2.16. The molecule has 4 rings (SSSR count). The van der Waals surface area contributed by atoms with Crippen LogP contribution in [-0.4, -0.2) is 28.3 Å². The quantitative estimate of drug-likeness (QED) is 0.313. The van der Waals surface area contributed by atoms with Crippen LogP contribution < -0.4 is 10.2 Å². The SMILES string of the molecule is O=C(NO)C(c1ccccc1)c1ccc(NS(=O)(=O)c2ccc3nsnc3c2)cc1. The van der Waals surface area contributed by atoms with E-state index in [9.17, 15) is 13.2 Å². The first-order valence-corrected chi connectivity index (χ1v) is 11.0. The second-order valence-corrected chi connectivity index (χ2v) is 8.67. The highest BCUT2D eigenvalue weighted by Crippen LogP contribution is 2.27. The van der Waals surface area contributed by atoms with Gasteiger partial charge in [-0.3, -0.25) is 14.7 Å². The molecule has 3 aromatic carbocycles. The number of carbonyl (C=O) groups is 1. The average Bonchev–Trinajstić information content (AvgIpc) is 3.23. The van der Waals surface area contributed by atoms with Crippen molar-refractivity contribution in [1.29, 1.82) is 0 Å². The molecule has 30 heavy (non-hydrogen) atoms. The Bertz CT molecular complexity index is 1290. The van der Waals surface area contributed by atoms with Crippen LogP contribution in [0.3, 0.4) is 0 Å². The number of hydroxylamine groups is 1. The molecule has 0 aliphatic heterocycles.